The van der Waals surface area contributed by atoms with Gasteiger partial charge in [0.1, 0.15) is 0 Å². The summed E-state index contributed by atoms with van der Waals surface area (Å²) < 4.78 is 27.9. The standard InChI is InChI=1S/C14H24N4O3S.HI/c1-3-21-9-5-8-17-14(16-2)18-11-12-6-4-7-13(10-12)22(15,19)20;/h4,6-7,10H,3,5,8-9,11H2,1-2H3,(H2,15,19,20)(H2,16,17,18);1H. The molecule has 0 saturated heterocycles. The average Bonchev–Trinajstić information content (AvgIpc) is 2.49. The Morgan fingerprint density at radius 1 is 1.35 bits per heavy atom. The molecule has 0 fully saturated rings. The molecule has 0 spiro atoms. The third-order valence-electron chi connectivity index (χ3n) is 2.87. The molecule has 0 aliphatic heterocycles. The van der Waals surface area contributed by atoms with Gasteiger partial charge in [-0.1, -0.05) is 12.1 Å². The Labute approximate surface area is 155 Å². The number of ether oxygens (including phenoxy) is 1. The SMILES string of the molecule is CCOCCCNC(=NC)NCc1cccc(S(N)(=O)=O)c1.I. The predicted octanol–water partition coefficient (Wildman–Crippen LogP) is 1.04. The van der Waals surface area contributed by atoms with E-state index in [1.54, 1.807) is 19.2 Å². The first kappa shape index (κ1) is 22.1. The summed E-state index contributed by atoms with van der Waals surface area (Å²) in [6.07, 6.45) is 0.884. The third kappa shape index (κ3) is 9.08. The van der Waals surface area contributed by atoms with Crippen molar-refractivity contribution in [3.63, 3.8) is 0 Å². The fraction of sp³-hybridized carbons (Fsp3) is 0.500. The summed E-state index contributed by atoms with van der Waals surface area (Å²) in [4.78, 5) is 4.21. The van der Waals surface area contributed by atoms with Gasteiger partial charge in [0.05, 0.1) is 4.90 Å². The van der Waals surface area contributed by atoms with Crippen LogP contribution >= 0.6 is 24.0 Å². The molecule has 0 heterocycles. The zero-order chi connectivity index (χ0) is 16.4. The van der Waals surface area contributed by atoms with Crippen LogP contribution in [0.1, 0.15) is 18.9 Å². The molecular formula is C14H25IN4O3S. The number of nitrogens with two attached hydrogens (primary N) is 1. The first-order valence-corrected chi connectivity index (χ1v) is 8.66. The lowest BCUT2D eigenvalue weighted by molar-refractivity contribution is 0.145. The maximum Gasteiger partial charge on any atom is 0.238 e. The number of guanidine groups is 1. The molecule has 9 heteroatoms. The summed E-state index contributed by atoms with van der Waals surface area (Å²) in [6, 6.07) is 6.50. The summed E-state index contributed by atoms with van der Waals surface area (Å²) in [6.45, 7) is 4.58. The maximum atomic E-state index is 11.3. The van der Waals surface area contributed by atoms with Crippen molar-refractivity contribution >= 4 is 40.0 Å². The number of primary sulfonamides is 1. The topological polar surface area (TPSA) is 106 Å². The Hall–Kier alpha value is -0.910. The molecule has 0 saturated carbocycles. The number of hydrogen-bond acceptors (Lipinski definition) is 4. The van der Waals surface area contributed by atoms with E-state index in [-0.39, 0.29) is 28.9 Å². The van der Waals surface area contributed by atoms with Gasteiger partial charge >= 0.3 is 0 Å². The molecule has 0 aliphatic carbocycles. The van der Waals surface area contributed by atoms with E-state index in [0.29, 0.717) is 25.7 Å². The number of hydrogen-bond donors (Lipinski definition) is 3. The van der Waals surface area contributed by atoms with Crippen LogP contribution < -0.4 is 15.8 Å². The minimum Gasteiger partial charge on any atom is -0.382 e. The van der Waals surface area contributed by atoms with Crippen molar-refractivity contribution in [1.29, 1.82) is 0 Å². The van der Waals surface area contributed by atoms with Crippen LogP contribution in [0.15, 0.2) is 34.2 Å². The number of rotatable bonds is 8. The number of benzene rings is 1. The van der Waals surface area contributed by atoms with E-state index in [2.05, 4.69) is 15.6 Å². The number of halogens is 1. The first-order valence-electron chi connectivity index (χ1n) is 7.11. The highest BCUT2D eigenvalue weighted by Gasteiger charge is 2.08. The van der Waals surface area contributed by atoms with Crippen LogP contribution in [0.2, 0.25) is 0 Å². The van der Waals surface area contributed by atoms with E-state index >= 15 is 0 Å². The van der Waals surface area contributed by atoms with Gasteiger partial charge in [-0.3, -0.25) is 4.99 Å². The van der Waals surface area contributed by atoms with E-state index in [0.717, 1.165) is 18.5 Å². The Morgan fingerprint density at radius 3 is 2.70 bits per heavy atom. The van der Waals surface area contributed by atoms with Crippen molar-refractivity contribution < 1.29 is 13.2 Å². The quantitative estimate of drug-likeness (QED) is 0.235. The third-order valence-corrected chi connectivity index (χ3v) is 3.78. The van der Waals surface area contributed by atoms with Gasteiger partial charge in [-0.05, 0) is 31.0 Å². The van der Waals surface area contributed by atoms with Crippen molar-refractivity contribution in [2.45, 2.75) is 24.8 Å². The Kier molecular flexibility index (Phi) is 11.1. The lowest BCUT2D eigenvalue weighted by atomic mass is 10.2. The van der Waals surface area contributed by atoms with Gasteiger partial charge in [0.2, 0.25) is 10.0 Å². The molecule has 132 valence electrons. The second kappa shape index (κ2) is 11.6. The number of nitrogens with one attached hydrogen (secondary N) is 2. The molecule has 0 atom stereocenters. The summed E-state index contributed by atoms with van der Waals surface area (Å²) in [7, 11) is -2.00. The highest BCUT2D eigenvalue weighted by molar-refractivity contribution is 14.0. The van der Waals surface area contributed by atoms with E-state index in [4.69, 9.17) is 9.88 Å². The molecule has 23 heavy (non-hydrogen) atoms. The monoisotopic (exact) mass is 456 g/mol. The van der Waals surface area contributed by atoms with Crippen LogP contribution in [0.25, 0.3) is 0 Å². The summed E-state index contributed by atoms with van der Waals surface area (Å²) in [5.41, 5.74) is 0.809. The van der Waals surface area contributed by atoms with Crippen molar-refractivity contribution in [3.8, 4) is 0 Å². The Balaban J connectivity index is 0.00000484. The van der Waals surface area contributed by atoms with Gasteiger partial charge in [-0.2, -0.15) is 0 Å². The average molecular weight is 456 g/mol. The fourth-order valence-corrected chi connectivity index (χ4v) is 2.35. The van der Waals surface area contributed by atoms with Gasteiger partial charge in [0.15, 0.2) is 5.96 Å². The van der Waals surface area contributed by atoms with Gasteiger partial charge in [0, 0.05) is 33.4 Å². The predicted molar refractivity (Wildman–Crippen MR) is 103 cm³/mol. The highest BCUT2D eigenvalue weighted by Crippen LogP contribution is 2.09. The largest absolute Gasteiger partial charge is 0.382 e. The van der Waals surface area contributed by atoms with Gasteiger partial charge < -0.3 is 15.4 Å². The van der Waals surface area contributed by atoms with Crippen molar-refractivity contribution in [3.05, 3.63) is 29.8 Å². The second-order valence-corrected chi connectivity index (χ2v) is 6.16. The lowest BCUT2D eigenvalue weighted by Gasteiger charge is -2.12. The van der Waals surface area contributed by atoms with Crippen LogP contribution in [0, 0.1) is 0 Å². The molecule has 7 nitrogen and oxygen atoms in total. The molecular weight excluding hydrogens is 431 g/mol. The maximum absolute atomic E-state index is 11.3. The lowest BCUT2D eigenvalue weighted by Crippen LogP contribution is -2.37. The molecule has 0 bridgehead atoms. The zero-order valence-corrected chi connectivity index (χ0v) is 16.6. The fourth-order valence-electron chi connectivity index (χ4n) is 1.76. The number of nitrogens with zero attached hydrogens (tertiary/aromatic N) is 1. The Bertz CT molecular complexity index is 593. The van der Waals surface area contributed by atoms with Gasteiger partial charge in [-0.15, -0.1) is 24.0 Å². The molecule has 1 aromatic carbocycles. The van der Waals surface area contributed by atoms with E-state index in [1.165, 1.54) is 6.07 Å². The molecule has 1 aromatic rings. The van der Waals surface area contributed by atoms with Crippen molar-refractivity contribution in [2.24, 2.45) is 10.1 Å². The van der Waals surface area contributed by atoms with Crippen LogP contribution in [-0.4, -0.2) is 41.2 Å². The molecule has 0 aromatic heterocycles. The molecule has 0 radical (unpaired) electrons. The summed E-state index contributed by atoms with van der Waals surface area (Å²) >= 11 is 0. The molecule has 1 rings (SSSR count). The van der Waals surface area contributed by atoms with Crippen LogP contribution in [0.4, 0.5) is 0 Å². The highest BCUT2D eigenvalue weighted by atomic mass is 127. The van der Waals surface area contributed by atoms with Crippen molar-refractivity contribution in [2.75, 3.05) is 26.8 Å². The summed E-state index contributed by atoms with van der Waals surface area (Å²) in [5.74, 6) is 0.650. The molecule has 0 unspecified atom stereocenters. The van der Waals surface area contributed by atoms with Crippen LogP contribution in [0.5, 0.6) is 0 Å². The minimum atomic E-state index is -3.68. The normalized spacial score (nSPS) is 11.7. The van der Waals surface area contributed by atoms with Crippen molar-refractivity contribution in [1.82, 2.24) is 10.6 Å². The van der Waals surface area contributed by atoms with E-state index < -0.39 is 10.0 Å². The Morgan fingerprint density at radius 2 is 2.09 bits per heavy atom. The zero-order valence-electron chi connectivity index (χ0n) is 13.4. The van der Waals surface area contributed by atoms with Gasteiger partial charge in [0.25, 0.3) is 0 Å². The molecule has 0 amide bonds. The number of sulfonamides is 1. The second-order valence-electron chi connectivity index (χ2n) is 4.60. The smallest absolute Gasteiger partial charge is 0.238 e. The first-order chi connectivity index (χ1) is 10.5. The summed E-state index contributed by atoms with van der Waals surface area (Å²) in [5, 5.41) is 11.4. The molecule has 0 aliphatic rings. The minimum absolute atomic E-state index is 0. The van der Waals surface area contributed by atoms with E-state index in [1.807, 2.05) is 13.0 Å². The van der Waals surface area contributed by atoms with E-state index in [9.17, 15) is 8.42 Å². The number of aliphatic imine (C=N–C) groups is 1. The van der Waals surface area contributed by atoms with Crippen LogP contribution in [-0.2, 0) is 21.3 Å². The van der Waals surface area contributed by atoms with Gasteiger partial charge in [-0.25, -0.2) is 13.6 Å². The molecule has 4 N–H and O–H groups in total. The van der Waals surface area contributed by atoms with Crippen LogP contribution in [0.3, 0.4) is 0 Å².